The van der Waals surface area contributed by atoms with Gasteiger partial charge in [-0.05, 0) is 58.5 Å². The van der Waals surface area contributed by atoms with Gasteiger partial charge in [-0.2, -0.15) is 0 Å². The number of fused-ring (bicyclic) bond motifs is 1. The molecule has 0 saturated carbocycles. The maximum Gasteiger partial charge on any atom is 0.174 e. The van der Waals surface area contributed by atoms with Crippen molar-refractivity contribution in [2.45, 2.75) is 0 Å². The lowest BCUT2D eigenvalue weighted by Gasteiger charge is -2.10. The van der Waals surface area contributed by atoms with Crippen LogP contribution < -0.4 is 9.47 Å². The van der Waals surface area contributed by atoms with E-state index in [9.17, 15) is 5.11 Å². The van der Waals surface area contributed by atoms with Gasteiger partial charge in [-0.1, -0.05) is 24.3 Å². The summed E-state index contributed by atoms with van der Waals surface area (Å²) in [6.07, 6.45) is 3.86. The number of phenolic OH excluding ortho intramolecular Hbond substituents is 1. The van der Waals surface area contributed by atoms with Crippen molar-refractivity contribution in [3.8, 4) is 17.2 Å². The van der Waals surface area contributed by atoms with Gasteiger partial charge in [0.15, 0.2) is 11.5 Å². The number of nitrogens with zero attached hydrogens (tertiary/aromatic N) is 1. The van der Waals surface area contributed by atoms with Crippen LogP contribution in [0.2, 0.25) is 0 Å². The van der Waals surface area contributed by atoms with Crippen LogP contribution in [0.4, 0.5) is 0 Å². The zero-order chi connectivity index (χ0) is 17.1. The highest BCUT2D eigenvalue weighted by Gasteiger charge is 2.09. The lowest BCUT2D eigenvalue weighted by atomic mass is 10.1. The van der Waals surface area contributed by atoms with Crippen LogP contribution in [0.5, 0.6) is 17.2 Å². The van der Waals surface area contributed by atoms with E-state index in [-0.39, 0.29) is 5.75 Å². The van der Waals surface area contributed by atoms with Crippen LogP contribution in [0.3, 0.4) is 0 Å². The summed E-state index contributed by atoms with van der Waals surface area (Å²) in [7, 11) is 3.25. The van der Waals surface area contributed by atoms with Crippen molar-refractivity contribution < 1.29 is 14.6 Å². The molecule has 0 aliphatic rings. The van der Waals surface area contributed by atoms with Crippen molar-refractivity contribution in [3.63, 3.8) is 0 Å². The number of hydrogen-bond donors (Lipinski definition) is 1. The zero-order valence-electron chi connectivity index (χ0n) is 13.3. The molecule has 5 heteroatoms. The molecular weight excluding hydrogens is 417 g/mol. The molecule has 24 heavy (non-hydrogen) atoms. The Hall–Kier alpha value is -2.28. The van der Waals surface area contributed by atoms with E-state index in [1.165, 1.54) is 0 Å². The van der Waals surface area contributed by atoms with Crippen LogP contribution in [-0.2, 0) is 0 Å². The van der Waals surface area contributed by atoms with Crippen molar-refractivity contribution in [1.82, 2.24) is 4.98 Å². The zero-order valence-corrected chi connectivity index (χ0v) is 15.4. The Morgan fingerprint density at radius 3 is 2.62 bits per heavy atom. The lowest BCUT2D eigenvalue weighted by Crippen LogP contribution is -1.93. The summed E-state index contributed by atoms with van der Waals surface area (Å²) < 4.78 is 11.7. The number of benzene rings is 2. The van der Waals surface area contributed by atoms with E-state index in [4.69, 9.17) is 9.47 Å². The number of halogens is 1. The van der Waals surface area contributed by atoms with E-state index in [0.29, 0.717) is 11.3 Å². The number of rotatable bonds is 4. The molecule has 0 saturated heterocycles. The molecule has 1 heterocycles. The molecule has 0 bridgehead atoms. The molecule has 4 nitrogen and oxygen atoms in total. The average molecular weight is 433 g/mol. The normalized spacial score (nSPS) is 11.1. The third-order valence-corrected chi connectivity index (χ3v) is 4.42. The molecule has 3 rings (SSSR count). The van der Waals surface area contributed by atoms with Crippen molar-refractivity contribution in [1.29, 1.82) is 0 Å². The molecule has 1 aromatic heterocycles. The molecule has 0 fully saturated rings. The Morgan fingerprint density at radius 2 is 1.88 bits per heavy atom. The first-order chi connectivity index (χ1) is 11.6. The summed E-state index contributed by atoms with van der Waals surface area (Å²) in [5.41, 5.74) is 2.35. The molecule has 0 aliphatic carbocycles. The van der Waals surface area contributed by atoms with Gasteiger partial charge in [-0.25, -0.2) is 4.98 Å². The van der Waals surface area contributed by atoms with Crippen LogP contribution >= 0.6 is 22.6 Å². The number of aromatic hydroxyl groups is 1. The molecule has 0 unspecified atom stereocenters. The second-order valence-electron chi connectivity index (χ2n) is 5.16. The minimum absolute atomic E-state index is 0.184. The third kappa shape index (κ3) is 3.31. The molecule has 3 aromatic rings. The van der Waals surface area contributed by atoms with Gasteiger partial charge in [0.05, 0.1) is 23.5 Å². The second-order valence-corrected chi connectivity index (χ2v) is 6.32. The molecule has 0 radical (unpaired) electrons. The molecule has 122 valence electrons. The Labute approximate surface area is 153 Å². The summed E-state index contributed by atoms with van der Waals surface area (Å²) >= 11 is 2.22. The van der Waals surface area contributed by atoms with Gasteiger partial charge < -0.3 is 14.6 Å². The summed E-state index contributed by atoms with van der Waals surface area (Å²) in [5.74, 6) is 1.60. The molecular formula is C19H16INO3. The molecule has 0 spiro atoms. The highest BCUT2D eigenvalue weighted by Crippen LogP contribution is 2.34. The molecule has 2 aromatic carbocycles. The van der Waals surface area contributed by atoms with Gasteiger partial charge in [0.1, 0.15) is 11.3 Å². The highest BCUT2D eigenvalue weighted by molar-refractivity contribution is 14.1. The Bertz CT molecular complexity index is 922. The number of hydrogen-bond acceptors (Lipinski definition) is 4. The summed E-state index contributed by atoms with van der Waals surface area (Å²) in [6.45, 7) is 0. The van der Waals surface area contributed by atoms with Gasteiger partial charge in [-0.15, -0.1) is 0 Å². The molecule has 0 aliphatic heterocycles. The average Bonchev–Trinajstić information content (AvgIpc) is 2.60. The number of aromatic nitrogens is 1. The summed E-state index contributed by atoms with van der Waals surface area (Å²) in [5, 5.41) is 10.8. The maximum absolute atomic E-state index is 9.93. The largest absolute Gasteiger partial charge is 0.506 e. The van der Waals surface area contributed by atoms with Crippen LogP contribution in [0.1, 0.15) is 11.3 Å². The van der Waals surface area contributed by atoms with Crippen molar-refractivity contribution in [2.75, 3.05) is 14.2 Å². The van der Waals surface area contributed by atoms with Gasteiger partial charge in [-0.3, -0.25) is 0 Å². The molecule has 0 amide bonds. The van der Waals surface area contributed by atoms with E-state index in [2.05, 4.69) is 27.6 Å². The number of phenols is 1. The van der Waals surface area contributed by atoms with Gasteiger partial charge in [0.25, 0.3) is 0 Å². The van der Waals surface area contributed by atoms with Crippen LogP contribution in [0.15, 0.2) is 42.5 Å². The SMILES string of the molecule is COc1cc(C=Cc2ccc3cccc(O)c3n2)cc(I)c1OC. The van der Waals surface area contributed by atoms with Crippen molar-refractivity contribution in [2.24, 2.45) is 0 Å². The fraction of sp³-hybridized carbons (Fsp3) is 0.105. The van der Waals surface area contributed by atoms with Crippen LogP contribution in [0.25, 0.3) is 23.1 Å². The number of ether oxygens (including phenoxy) is 2. The monoisotopic (exact) mass is 433 g/mol. The van der Waals surface area contributed by atoms with E-state index >= 15 is 0 Å². The lowest BCUT2D eigenvalue weighted by molar-refractivity contribution is 0.353. The first kappa shape index (κ1) is 16.6. The number of methoxy groups -OCH3 is 2. The summed E-state index contributed by atoms with van der Waals surface area (Å²) in [4.78, 5) is 4.49. The maximum atomic E-state index is 9.93. The quantitative estimate of drug-likeness (QED) is 0.605. The predicted molar refractivity (Wildman–Crippen MR) is 105 cm³/mol. The van der Waals surface area contributed by atoms with Gasteiger partial charge in [0.2, 0.25) is 0 Å². The fourth-order valence-electron chi connectivity index (χ4n) is 2.46. The molecule has 0 atom stereocenters. The molecule has 1 N–H and O–H groups in total. The van der Waals surface area contributed by atoms with Gasteiger partial charge >= 0.3 is 0 Å². The van der Waals surface area contributed by atoms with E-state index in [1.807, 2.05) is 42.5 Å². The van der Waals surface area contributed by atoms with Crippen LogP contribution in [0, 0.1) is 3.57 Å². The van der Waals surface area contributed by atoms with Crippen molar-refractivity contribution in [3.05, 3.63) is 57.3 Å². The van der Waals surface area contributed by atoms with E-state index in [1.54, 1.807) is 26.4 Å². The fourth-order valence-corrected chi connectivity index (χ4v) is 3.30. The highest BCUT2D eigenvalue weighted by atomic mass is 127. The predicted octanol–water partition coefficient (Wildman–Crippen LogP) is 4.73. The van der Waals surface area contributed by atoms with E-state index < -0.39 is 0 Å². The Balaban J connectivity index is 1.96. The third-order valence-electron chi connectivity index (χ3n) is 3.62. The Morgan fingerprint density at radius 1 is 1.04 bits per heavy atom. The standard InChI is InChI=1S/C19H16INO3/c1-23-17-11-12(10-15(20)19(17)24-2)6-8-14-9-7-13-4-3-5-16(22)18(13)21-14/h3-11,22H,1-2H3. The minimum Gasteiger partial charge on any atom is -0.506 e. The number of pyridine rings is 1. The minimum atomic E-state index is 0.184. The Kier molecular flexibility index (Phi) is 4.89. The summed E-state index contributed by atoms with van der Waals surface area (Å²) in [6, 6.07) is 13.2. The number of para-hydroxylation sites is 1. The van der Waals surface area contributed by atoms with E-state index in [0.717, 1.165) is 26.0 Å². The second kappa shape index (κ2) is 7.09. The van der Waals surface area contributed by atoms with Crippen molar-refractivity contribution >= 4 is 45.6 Å². The van der Waals surface area contributed by atoms with Gasteiger partial charge in [0, 0.05) is 5.39 Å². The van der Waals surface area contributed by atoms with Crippen LogP contribution in [-0.4, -0.2) is 24.3 Å². The smallest absolute Gasteiger partial charge is 0.174 e. The first-order valence-corrected chi connectivity index (χ1v) is 8.38. The first-order valence-electron chi connectivity index (χ1n) is 7.30. The topological polar surface area (TPSA) is 51.6 Å².